The molecule has 0 fully saturated rings. The number of methoxy groups -OCH3 is 1. The molecule has 4 rings (SSSR count). The molecule has 0 amide bonds. The average molecular weight is 383 g/mol. The zero-order valence-corrected chi connectivity index (χ0v) is 15.5. The van der Waals surface area contributed by atoms with Gasteiger partial charge in [-0.25, -0.2) is 4.98 Å². The number of H-pyrrole nitrogens is 1. The fourth-order valence-corrected chi connectivity index (χ4v) is 3.95. The highest BCUT2D eigenvalue weighted by molar-refractivity contribution is 7.17. The minimum absolute atomic E-state index is 0.121. The van der Waals surface area contributed by atoms with Gasteiger partial charge in [0, 0.05) is 22.4 Å². The molecular formula is C20H15ClN2O2S. The molecule has 0 atom stereocenters. The molecule has 0 saturated carbocycles. The van der Waals surface area contributed by atoms with Crippen molar-refractivity contribution in [1.82, 2.24) is 9.97 Å². The molecule has 2 heterocycles. The van der Waals surface area contributed by atoms with Crippen LogP contribution in [0.1, 0.15) is 11.4 Å². The van der Waals surface area contributed by atoms with Crippen LogP contribution in [0.5, 0.6) is 5.75 Å². The van der Waals surface area contributed by atoms with Crippen molar-refractivity contribution in [3.63, 3.8) is 0 Å². The van der Waals surface area contributed by atoms with Gasteiger partial charge in [0.05, 0.1) is 12.5 Å². The van der Waals surface area contributed by atoms with Crippen LogP contribution in [0.2, 0.25) is 5.02 Å². The summed E-state index contributed by atoms with van der Waals surface area (Å²) >= 11 is 7.43. The number of nitrogens with one attached hydrogen (secondary N) is 1. The van der Waals surface area contributed by atoms with E-state index in [1.54, 1.807) is 7.11 Å². The second kappa shape index (κ2) is 6.94. The number of fused-ring (bicyclic) bond motifs is 1. The number of halogens is 1. The lowest BCUT2D eigenvalue weighted by Crippen LogP contribution is -2.11. The molecule has 1 N–H and O–H groups in total. The number of benzene rings is 2. The Kier molecular flexibility index (Phi) is 4.49. The lowest BCUT2D eigenvalue weighted by atomic mass is 10.1. The average Bonchev–Trinajstić information content (AvgIpc) is 3.07. The summed E-state index contributed by atoms with van der Waals surface area (Å²) in [5, 5.41) is 3.26. The second-order valence-electron chi connectivity index (χ2n) is 5.87. The zero-order chi connectivity index (χ0) is 18.1. The molecule has 26 heavy (non-hydrogen) atoms. The van der Waals surface area contributed by atoms with E-state index in [0.29, 0.717) is 22.7 Å². The van der Waals surface area contributed by atoms with E-state index in [0.717, 1.165) is 27.3 Å². The van der Waals surface area contributed by atoms with Crippen LogP contribution < -0.4 is 10.3 Å². The molecule has 0 unspecified atom stereocenters. The van der Waals surface area contributed by atoms with Crippen LogP contribution in [0.3, 0.4) is 0 Å². The molecule has 4 nitrogen and oxygen atoms in total. The third kappa shape index (κ3) is 3.23. The van der Waals surface area contributed by atoms with Crippen molar-refractivity contribution in [2.75, 3.05) is 7.11 Å². The number of thiophene rings is 1. The van der Waals surface area contributed by atoms with Gasteiger partial charge in [-0.15, -0.1) is 11.3 Å². The molecule has 4 aromatic rings. The summed E-state index contributed by atoms with van der Waals surface area (Å²) in [5.74, 6) is 1.45. The van der Waals surface area contributed by atoms with Crippen LogP contribution in [0.15, 0.2) is 58.7 Å². The first-order chi connectivity index (χ1) is 12.6. The van der Waals surface area contributed by atoms with Crippen LogP contribution in [0.25, 0.3) is 21.3 Å². The van der Waals surface area contributed by atoms with E-state index in [2.05, 4.69) is 9.97 Å². The summed E-state index contributed by atoms with van der Waals surface area (Å²) < 4.78 is 5.17. The molecule has 6 heteroatoms. The van der Waals surface area contributed by atoms with Crippen molar-refractivity contribution in [3.05, 3.63) is 80.7 Å². The van der Waals surface area contributed by atoms with Crippen molar-refractivity contribution in [2.45, 2.75) is 6.42 Å². The number of aromatic amines is 1. The Hall–Kier alpha value is -2.63. The number of rotatable bonds is 4. The topological polar surface area (TPSA) is 55.0 Å². The normalized spacial score (nSPS) is 11.0. The molecular weight excluding hydrogens is 368 g/mol. The quantitative estimate of drug-likeness (QED) is 0.546. The Labute approximate surface area is 159 Å². The first kappa shape index (κ1) is 16.8. The summed E-state index contributed by atoms with van der Waals surface area (Å²) in [6, 6.07) is 15.2. The van der Waals surface area contributed by atoms with Gasteiger partial charge in [-0.3, -0.25) is 4.79 Å². The highest BCUT2D eigenvalue weighted by atomic mass is 35.5. The predicted molar refractivity (Wildman–Crippen MR) is 106 cm³/mol. The third-order valence-corrected chi connectivity index (χ3v) is 5.30. The van der Waals surface area contributed by atoms with Crippen molar-refractivity contribution in [1.29, 1.82) is 0 Å². The van der Waals surface area contributed by atoms with Crippen LogP contribution in [-0.4, -0.2) is 17.1 Å². The van der Waals surface area contributed by atoms with E-state index in [1.165, 1.54) is 11.3 Å². The van der Waals surface area contributed by atoms with Crippen molar-refractivity contribution < 1.29 is 4.74 Å². The second-order valence-corrected chi connectivity index (χ2v) is 7.17. The maximum atomic E-state index is 12.7. The first-order valence-corrected chi connectivity index (χ1v) is 9.29. The molecule has 0 bridgehead atoms. The number of hydrogen-bond acceptors (Lipinski definition) is 4. The van der Waals surface area contributed by atoms with Gasteiger partial charge in [0.1, 0.15) is 16.4 Å². The Morgan fingerprint density at radius 2 is 1.85 bits per heavy atom. The highest BCUT2D eigenvalue weighted by Crippen LogP contribution is 2.31. The molecule has 2 aromatic heterocycles. The van der Waals surface area contributed by atoms with Gasteiger partial charge in [0.25, 0.3) is 5.56 Å². The van der Waals surface area contributed by atoms with Gasteiger partial charge in [0.2, 0.25) is 0 Å². The maximum Gasteiger partial charge on any atom is 0.260 e. The molecule has 130 valence electrons. The standard InChI is InChI=1S/C20H15ClN2O2S/c1-25-15-8-2-12(3-9-15)10-17-22-19(24)18-16(11-26-20(18)23-17)13-4-6-14(21)7-5-13/h2-9,11H,10H2,1H3,(H,22,23,24). The first-order valence-electron chi connectivity index (χ1n) is 8.03. The van der Waals surface area contributed by atoms with Crippen molar-refractivity contribution in [2.24, 2.45) is 0 Å². The Balaban J connectivity index is 1.71. The minimum Gasteiger partial charge on any atom is -0.497 e. The van der Waals surface area contributed by atoms with E-state index in [-0.39, 0.29) is 5.56 Å². The number of nitrogens with zero attached hydrogens (tertiary/aromatic N) is 1. The highest BCUT2D eigenvalue weighted by Gasteiger charge is 2.13. The summed E-state index contributed by atoms with van der Waals surface area (Å²) in [4.78, 5) is 21.0. The van der Waals surface area contributed by atoms with Gasteiger partial charge in [-0.05, 0) is 35.4 Å². The largest absolute Gasteiger partial charge is 0.497 e. The Morgan fingerprint density at radius 3 is 2.54 bits per heavy atom. The Bertz CT molecular complexity index is 1120. The fraction of sp³-hybridized carbons (Fsp3) is 0.100. The summed E-state index contributed by atoms with van der Waals surface area (Å²) in [6.45, 7) is 0. The molecule has 0 aliphatic carbocycles. The van der Waals surface area contributed by atoms with Gasteiger partial charge >= 0.3 is 0 Å². The van der Waals surface area contributed by atoms with Crippen molar-refractivity contribution >= 4 is 33.2 Å². The van der Waals surface area contributed by atoms with Crippen LogP contribution in [0, 0.1) is 0 Å². The summed E-state index contributed by atoms with van der Waals surface area (Å²) in [5.41, 5.74) is 2.77. The van der Waals surface area contributed by atoms with E-state index in [4.69, 9.17) is 16.3 Å². The molecule has 0 aliphatic rings. The van der Waals surface area contributed by atoms with Crippen LogP contribution in [-0.2, 0) is 6.42 Å². The monoisotopic (exact) mass is 382 g/mol. The molecule has 0 radical (unpaired) electrons. The van der Waals surface area contributed by atoms with Crippen molar-refractivity contribution in [3.8, 4) is 16.9 Å². The van der Waals surface area contributed by atoms with Gasteiger partial charge < -0.3 is 9.72 Å². The van der Waals surface area contributed by atoms with Gasteiger partial charge in [0.15, 0.2) is 0 Å². The third-order valence-electron chi connectivity index (χ3n) is 4.18. The van der Waals surface area contributed by atoms with Crippen LogP contribution >= 0.6 is 22.9 Å². The fourth-order valence-electron chi connectivity index (χ4n) is 2.86. The lowest BCUT2D eigenvalue weighted by molar-refractivity contribution is 0.414. The van der Waals surface area contributed by atoms with Crippen LogP contribution in [0.4, 0.5) is 0 Å². The smallest absolute Gasteiger partial charge is 0.260 e. The molecule has 2 aromatic carbocycles. The van der Waals surface area contributed by atoms with Gasteiger partial charge in [-0.1, -0.05) is 35.9 Å². The SMILES string of the molecule is COc1ccc(Cc2nc3scc(-c4ccc(Cl)cc4)c3c(=O)[nH]2)cc1. The van der Waals surface area contributed by atoms with E-state index < -0.39 is 0 Å². The van der Waals surface area contributed by atoms with Gasteiger partial charge in [-0.2, -0.15) is 0 Å². The number of aromatic nitrogens is 2. The zero-order valence-electron chi connectivity index (χ0n) is 14.0. The minimum atomic E-state index is -0.121. The Morgan fingerprint density at radius 1 is 1.12 bits per heavy atom. The summed E-state index contributed by atoms with van der Waals surface area (Å²) in [6.07, 6.45) is 0.559. The molecule has 0 aliphatic heterocycles. The molecule has 0 saturated heterocycles. The van der Waals surface area contributed by atoms with E-state index in [9.17, 15) is 4.79 Å². The number of ether oxygens (including phenoxy) is 1. The maximum absolute atomic E-state index is 12.7. The summed E-state index contributed by atoms with van der Waals surface area (Å²) in [7, 11) is 1.64. The number of hydrogen-bond donors (Lipinski definition) is 1. The molecule has 0 spiro atoms. The van der Waals surface area contributed by atoms with E-state index >= 15 is 0 Å². The lowest BCUT2D eigenvalue weighted by Gasteiger charge is -2.04. The van der Waals surface area contributed by atoms with E-state index in [1.807, 2.05) is 53.9 Å². The predicted octanol–water partition coefficient (Wildman–Crippen LogP) is 4.90.